The highest BCUT2D eigenvalue weighted by Gasteiger charge is 2.41. The van der Waals surface area contributed by atoms with E-state index < -0.39 is 12.1 Å². The Morgan fingerprint density at radius 1 is 1.16 bits per heavy atom. The lowest BCUT2D eigenvalue weighted by atomic mass is 9.85. The summed E-state index contributed by atoms with van der Waals surface area (Å²) in [5.41, 5.74) is 9.79. The Kier molecular flexibility index (Phi) is 7.36. The number of carbonyl (C=O) groups is 1. The number of rotatable bonds is 3. The van der Waals surface area contributed by atoms with Crippen LogP contribution in [-0.2, 0) is 13.1 Å². The minimum Gasteiger partial charge on any atom is -0.398 e. The van der Waals surface area contributed by atoms with Crippen LogP contribution in [0.4, 0.5) is 24.5 Å². The highest BCUT2D eigenvalue weighted by Crippen LogP contribution is 2.38. The van der Waals surface area contributed by atoms with Gasteiger partial charge in [-0.05, 0) is 50.3 Å². The third-order valence-corrected chi connectivity index (χ3v) is 6.26. The maximum atomic E-state index is 13.1. The van der Waals surface area contributed by atoms with Crippen LogP contribution in [0.1, 0.15) is 61.1 Å². The summed E-state index contributed by atoms with van der Waals surface area (Å²) in [5, 5.41) is 2.94. The van der Waals surface area contributed by atoms with Crippen LogP contribution >= 0.6 is 0 Å². The quantitative estimate of drug-likeness (QED) is 0.665. The first-order valence-corrected chi connectivity index (χ1v) is 11.2. The van der Waals surface area contributed by atoms with Crippen LogP contribution in [-0.4, -0.2) is 34.2 Å². The topological polar surface area (TPSA) is 76.2 Å². The van der Waals surface area contributed by atoms with Crippen molar-refractivity contribution in [1.82, 2.24) is 14.9 Å². The number of fused-ring (bicyclic) bond motifs is 1. The molecule has 0 saturated heterocycles. The van der Waals surface area contributed by atoms with Gasteiger partial charge in [0.1, 0.15) is 0 Å². The van der Waals surface area contributed by atoms with Gasteiger partial charge in [-0.3, -0.25) is 4.79 Å². The van der Waals surface area contributed by atoms with Gasteiger partial charge in [0.15, 0.2) is 0 Å². The number of amides is 1. The molecule has 4 rings (SSSR count). The fraction of sp³-hybridized carbons (Fsp3) is 0.565. The fourth-order valence-electron chi connectivity index (χ4n) is 4.37. The molecule has 2 aliphatic rings. The number of aromatic nitrogens is 2. The van der Waals surface area contributed by atoms with E-state index in [-0.39, 0.29) is 24.8 Å². The van der Waals surface area contributed by atoms with Gasteiger partial charge in [0, 0.05) is 31.0 Å². The zero-order valence-electron chi connectivity index (χ0n) is 18.9. The monoisotopic (exact) mass is 451 g/mol. The maximum absolute atomic E-state index is 13.1. The lowest BCUT2D eigenvalue weighted by Crippen LogP contribution is -2.41. The van der Waals surface area contributed by atoms with Gasteiger partial charge in [0.25, 0.3) is 5.91 Å². The predicted octanol–water partition coefficient (Wildman–Crippen LogP) is 4.67. The molecule has 1 aromatic heterocycles. The molecule has 0 radical (unpaired) electrons. The number of imidazole rings is 1. The predicted molar refractivity (Wildman–Crippen MR) is 119 cm³/mol. The number of nitrogens with two attached hydrogens (primary N) is 1. The molecule has 176 valence electrons. The second-order valence-electron chi connectivity index (χ2n) is 8.29. The Balaban J connectivity index is 0.00000141. The molecule has 32 heavy (non-hydrogen) atoms. The van der Waals surface area contributed by atoms with Crippen molar-refractivity contribution in [3.05, 3.63) is 41.5 Å². The van der Waals surface area contributed by atoms with E-state index in [0.717, 1.165) is 30.0 Å². The van der Waals surface area contributed by atoms with E-state index >= 15 is 0 Å². The van der Waals surface area contributed by atoms with Gasteiger partial charge in [-0.15, -0.1) is 0 Å². The number of nitrogen functional groups attached to an aromatic ring is 1. The summed E-state index contributed by atoms with van der Waals surface area (Å²) < 4.78 is 40.8. The molecule has 0 atom stereocenters. The van der Waals surface area contributed by atoms with Crippen LogP contribution in [0.2, 0.25) is 0 Å². The number of aryl methyl sites for hydroxylation is 1. The molecule has 6 nitrogen and oxygen atoms in total. The zero-order valence-corrected chi connectivity index (χ0v) is 18.9. The summed E-state index contributed by atoms with van der Waals surface area (Å²) in [6.07, 6.45) is 0.210. The number of hydrogen-bond donors (Lipinski definition) is 2. The summed E-state index contributed by atoms with van der Waals surface area (Å²) in [7, 11) is 0. The highest BCUT2D eigenvalue weighted by molar-refractivity contribution is 6.01. The molecule has 1 fully saturated rings. The lowest BCUT2D eigenvalue weighted by Gasteiger charge is -2.33. The Labute approximate surface area is 187 Å². The third-order valence-electron chi connectivity index (χ3n) is 6.26. The highest BCUT2D eigenvalue weighted by atomic mass is 19.4. The standard InChI is InChI=1S/C21H26F3N5O.C2H6/c1-13-8-19(28-6-7-29-12-26-10-16(29)11-28)17(9-18(13)25)20(30)27-15-4-2-14(3-5-15)21(22,23)24;1-2/h8-10,12,14-15H,2-7,11,25H2,1H3,(H,27,30);1-2H3. The molecule has 1 aromatic carbocycles. The molecule has 1 aliphatic heterocycles. The van der Waals surface area contributed by atoms with Crippen molar-refractivity contribution in [2.75, 3.05) is 17.2 Å². The number of hydrogen-bond acceptors (Lipinski definition) is 4. The van der Waals surface area contributed by atoms with Crippen molar-refractivity contribution in [2.45, 2.75) is 71.8 Å². The molecule has 9 heteroatoms. The number of halogens is 3. The van der Waals surface area contributed by atoms with Crippen molar-refractivity contribution in [3.8, 4) is 0 Å². The summed E-state index contributed by atoms with van der Waals surface area (Å²) in [6.45, 7) is 8.01. The molecule has 0 unspecified atom stereocenters. The number of benzene rings is 1. The molecule has 0 spiro atoms. The second kappa shape index (κ2) is 9.83. The number of carbonyl (C=O) groups excluding carboxylic acids is 1. The number of alkyl halides is 3. The van der Waals surface area contributed by atoms with Crippen LogP contribution in [0, 0.1) is 12.8 Å². The van der Waals surface area contributed by atoms with Gasteiger partial charge in [0.2, 0.25) is 0 Å². The average Bonchev–Trinajstić information content (AvgIpc) is 3.24. The second-order valence-corrected chi connectivity index (χ2v) is 8.29. The van der Waals surface area contributed by atoms with Gasteiger partial charge >= 0.3 is 6.18 Å². The SMILES string of the molecule is CC.Cc1cc(N2CCn3cncc3C2)c(C(=O)NC2CCC(C(F)(F)F)CC2)cc1N. The molecule has 1 aliphatic carbocycles. The van der Waals surface area contributed by atoms with Crippen LogP contribution in [0.25, 0.3) is 0 Å². The summed E-state index contributed by atoms with van der Waals surface area (Å²) in [5.74, 6) is -1.55. The third kappa shape index (κ3) is 5.19. The number of anilines is 2. The Morgan fingerprint density at radius 3 is 2.50 bits per heavy atom. The van der Waals surface area contributed by atoms with E-state index in [1.807, 2.05) is 33.0 Å². The maximum Gasteiger partial charge on any atom is 0.391 e. The van der Waals surface area contributed by atoms with Gasteiger partial charge < -0.3 is 20.5 Å². The number of nitrogens with one attached hydrogen (secondary N) is 1. The summed E-state index contributed by atoms with van der Waals surface area (Å²) in [6, 6.07) is 3.33. The molecule has 0 bridgehead atoms. The van der Waals surface area contributed by atoms with Crippen molar-refractivity contribution in [3.63, 3.8) is 0 Å². The van der Waals surface area contributed by atoms with Crippen LogP contribution in [0.5, 0.6) is 0 Å². The molecule has 3 N–H and O–H groups in total. The van der Waals surface area contributed by atoms with Crippen LogP contribution in [0.15, 0.2) is 24.7 Å². The first kappa shape index (κ1) is 23.9. The molecule has 2 aromatic rings. The zero-order chi connectivity index (χ0) is 23.5. The Morgan fingerprint density at radius 2 is 1.84 bits per heavy atom. The van der Waals surface area contributed by atoms with Gasteiger partial charge in [-0.2, -0.15) is 13.2 Å². The van der Waals surface area contributed by atoms with E-state index in [1.165, 1.54) is 0 Å². The van der Waals surface area contributed by atoms with E-state index in [4.69, 9.17) is 5.73 Å². The van der Waals surface area contributed by atoms with E-state index in [2.05, 4.69) is 19.8 Å². The van der Waals surface area contributed by atoms with Crippen molar-refractivity contribution < 1.29 is 18.0 Å². The van der Waals surface area contributed by atoms with Crippen molar-refractivity contribution in [2.24, 2.45) is 5.92 Å². The lowest BCUT2D eigenvalue weighted by molar-refractivity contribution is -0.182. The van der Waals surface area contributed by atoms with E-state index in [0.29, 0.717) is 30.6 Å². The Bertz CT molecular complexity index is 932. The van der Waals surface area contributed by atoms with Crippen LogP contribution < -0.4 is 16.0 Å². The first-order chi connectivity index (χ1) is 15.2. The normalized spacial score (nSPS) is 20.8. The number of nitrogens with zero attached hydrogens (tertiary/aromatic N) is 3. The van der Waals surface area contributed by atoms with E-state index in [9.17, 15) is 18.0 Å². The smallest absolute Gasteiger partial charge is 0.391 e. The molecular formula is C23H32F3N5O. The van der Waals surface area contributed by atoms with Crippen molar-refractivity contribution >= 4 is 17.3 Å². The van der Waals surface area contributed by atoms with Crippen molar-refractivity contribution in [1.29, 1.82) is 0 Å². The minimum atomic E-state index is -4.16. The summed E-state index contributed by atoms with van der Waals surface area (Å²) >= 11 is 0. The minimum absolute atomic E-state index is 0.0491. The fourth-order valence-corrected chi connectivity index (χ4v) is 4.37. The van der Waals surface area contributed by atoms with Gasteiger partial charge in [0.05, 0.1) is 35.7 Å². The molecule has 1 saturated carbocycles. The van der Waals surface area contributed by atoms with E-state index in [1.54, 1.807) is 12.4 Å². The largest absolute Gasteiger partial charge is 0.398 e. The van der Waals surface area contributed by atoms with Gasteiger partial charge in [-0.1, -0.05) is 13.8 Å². The molecule has 1 amide bonds. The molecule has 2 heterocycles. The average molecular weight is 452 g/mol. The molecular weight excluding hydrogens is 419 g/mol. The van der Waals surface area contributed by atoms with Crippen LogP contribution in [0.3, 0.4) is 0 Å². The first-order valence-electron chi connectivity index (χ1n) is 11.2. The van der Waals surface area contributed by atoms with Gasteiger partial charge in [-0.25, -0.2) is 4.98 Å². The Hall–Kier alpha value is -2.71. The summed E-state index contributed by atoms with van der Waals surface area (Å²) in [4.78, 5) is 19.4.